The van der Waals surface area contributed by atoms with Gasteiger partial charge in [-0.25, -0.2) is 4.79 Å². The molecule has 32 heavy (non-hydrogen) atoms. The molecule has 6 nitrogen and oxygen atoms in total. The van der Waals surface area contributed by atoms with Crippen LogP contribution in [0.15, 0.2) is 60.9 Å². The number of nitrogens with one attached hydrogen (secondary N) is 1. The van der Waals surface area contributed by atoms with E-state index in [9.17, 15) is 15.0 Å². The Bertz CT molecular complexity index is 1100. The van der Waals surface area contributed by atoms with Crippen LogP contribution in [0, 0.1) is 0 Å². The first-order valence-corrected chi connectivity index (χ1v) is 11.0. The molecule has 0 saturated heterocycles. The van der Waals surface area contributed by atoms with Gasteiger partial charge in [-0.3, -0.25) is 4.98 Å². The molecule has 3 aromatic rings. The van der Waals surface area contributed by atoms with Gasteiger partial charge in [-0.2, -0.15) is 0 Å². The SMILES string of the molecule is C[C@@H](O)c1ccc(N(C)c2ccc3c(c2)CCC[C@H]3CNc2cnccc2C(=O)O)cc1. The number of aliphatic hydroxyl groups is 1. The molecule has 6 heteroatoms. The van der Waals surface area contributed by atoms with Crippen molar-refractivity contribution < 1.29 is 15.0 Å². The van der Waals surface area contributed by atoms with Crippen molar-refractivity contribution in [1.82, 2.24) is 4.98 Å². The van der Waals surface area contributed by atoms with Gasteiger partial charge in [0.2, 0.25) is 0 Å². The summed E-state index contributed by atoms with van der Waals surface area (Å²) in [5.74, 6) is -0.626. The van der Waals surface area contributed by atoms with Crippen molar-refractivity contribution in [1.29, 1.82) is 0 Å². The summed E-state index contributed by atoms with van der Waals surface area (Å²) in [6.07, 6.45) is 5.82. The van der Waals surface area contributed by atoms with E-state index < -0.39 is 12.1 Å². The van der Waals surface area contributed by atoms with Gasteiger partial charge in [0, 0.05) is 37.1 Å². The maximum Gasteiger partial charge on any atom is 0.337 e. The van der Waals surface area contributed by atoms with E-state index >= 15 is 0 Å². The minimum Gasteiger partial charge on any atom is -0.478 e. The number of carboxylic acid groups (broad SMARTS) is 1. The minimum absolute atomic E-state index is 0.245. The third kappa shape index (κ3) is 4.60. The van der Waals surface area contributed by atoms with Gasteiger partial charge in [-0.1, -0.05) is 18.2 Å². The van der Waals surface area contributed by atoms with Crippen molar-refractivity contribution in [3.05, 3.63) is 83.2 Å². The van der Waals surface area contributed by atoms with Gasteiger partial charge in [0.25, 0.3) is 0 Å². The van der Waals surface area contributed by atoms with Crippen LogP contribution in [0.4, 0.5) is 17.1 Å². The number of aromatic carboxylic acids is 1. The summed E-state index contributed by atoms with van der Waals surface area (Å²) in [6, 6.07) is 16.1. The van der Waals surface area contributed by atoms with Crippen molar-refractivity contribution in [2.24, 2.45) is 0 Å². The molecule has 0 bridgehead atoms. The first kappa shape index (κ1) is 21.8. The summed E-state index contributed by atoms with van der Waals surface area (Å²) in [4.78, 5) is 17.7. The van der Waals surface area contributed by atoms with Crippen molar-refractivity contribution >= 4 is 23.0 Å². The first-order valence-electron chi connectivity index (χ1n) is 11.0. The van der Waals surface area contributed by atoms with Crippen LogP contribution < -0.4 is 10.2 Å². The summed E-state index contributed by atoms with van der Waals surface area (Å²) in [5, 5.41) is 22.4. The number of rotatable bonds is 7. The van der Waals surface area contributed by atoms with Gasteiger partial charge in [0.1, 0.15) is 0 Å². The Labute approximate surface area is 188 Å². The molecule has 0 aliphatic heterocycles. The quantitative estimate of drug-likeness (QED) is 0.481. The number of fused-ring (bicyclic) bond motifs is 1. The lowest BCUT2D eigenvalue weighted by atomic mass is 9.82. The van der Waals surface area contributed by atoms with Crippen molar-refractivity contribution in [3.63, 3.8) is 0 Å². The third-order valence-electron chi connectivity index (χ3n) is 6.31. The Morgan fingerprint density at radius 3 is 2.66 bits per heavy atom. The van der Waals surface area contributed by atoms with Crippen LogP contribution in [0.2, 0.25) is 0 Å². The number of carbonyl (C=O) groups is 1. The lowest BCUT2D eigenvalue weighted by molar-refractivity contribution is 0.0697. The predicted octanol–water partition coefficient (Wildman–Crippen LogP) is 5.13. The van der Waals surface area contributed by atoms with Crippen LogP contribution >= 0.6 is 0 Å². The Hall–Kier alpha value is -3.38. The lowest BCUT2D eigenvalue weighted by Crippen LogP contribution is -2.20. The van der Waals surface area contributed by atoms with E-state index in [1.54, 1.807) is 13.1 Å². The fourth-order valence-electron chi connectivity index (χ4n) is 4.40. The highest BCUT2D eigenvalue weighted by Gasteiger charge is 2.22. The number of aryl methyl sites for hydroxylation is 1. The fourth-order valence-corrected chi connectivity index (χ4v) is 4.40. The highest BCUT2D eigenvalue weighted by molar-refractivity contribution is 5.93. The van der Waals surface area contributed by atoms with E-state index in [2.05, 4.69) is 40.4 Å². The number of pyridine rings is 1. The number of hydrogen-bond donors (Lipinski definition) is 3. The van der Waals surface area contributed by atoms with E-state index in [1.165, 1.54) is 23.4 Å². The minimum atomic E-state index is -0.951. The molecule has 0 radical (unpaired) electrons. The second-order valence-corrected chi connectivity index (χ2v) is 8.41. The molecule has 0 fully saturated rings. The number of carboxylic acids is 1. The molecule has 3 N–H and O–H groups in total. The van der Waals surface area contributed by atoms with E-state index in [-0.39, 0.29) is 5.56 Å². The van der Waals surface area contributed by atoms with Crippen molar-refractivity contribution in [2.45, 2.75) is 38.2 Å². The number of aliphatic hydroxyl groups excluding tert-OH is 1. The smallest absolute Gasteiger partial charge is 0.337 e. The Morgan fingerprint density at radius 1 is 1.19 bits per heavy atom. The highest BCUT2D eigenvalue weighted by Crippen LogP contribution is 2.35. The number of benzene rings is 2. The molecule has 1 heterocycles. The second kappa shape index (κ2) is 9.40. The molecule has 0 unspecified atom stereocenters. The van der Waals surface area contributed by atoms with Gasteiger partial charge in [0.05, 0.1) is 23.6 Å². The summed E-state index contributed by atoms with van der Waals surface area (Å²) >= 11 is 0. The molecule has 2 aromatic carbocycles. The van der Waals surface area contributed by atoms with Gasteiger partial charge in [-0.05, 0) is 73.2 Å². The van der Waals surface area contributed by atoms with Crippen LogP contribution in [-0.2, 0) is 6.42 Å². The monoisotopic (exact) mass is 431 g/mol. The summed E-state index contributed by atoms with van der Waals surface area (Å²) in [6.45, 7) is 2.44. The summed E-state index contributed by atoms with van der Waals surface area (Å²) in [7, 11) is 2.05. The molecule has 0 amide bonds. The van der Waals surface area contributed by atoms with Gasteiger partial charge in [0.15, 0.2) is 0 Å². The molecule has 1 aromatic heterocycles. The average Bonchev–Trinajstić information content (AvgIpc) is 2.82. The van der Waals surface area contributed by atoms with E-state index in [4.69, 9.17) is 0 Å². The Kier molecular flexibility index (Phi) is 6.42. The molecule has 0 saturated carbocycles. The maximum atomic E-state index is 11.5. The average molecular weight is 432 g/mol. The van der Waals surface area contributed by atoms with Crippen LogP contribution in [0.5, 0.6) is 0 Å². The zero-order valence-electron chi connectivity index (χ0n) is 18.5. The zero-order valence-corrected chi connectivity index (χ0v) is 18.5. The molecule has 166 valence electrons. The highest BCUT2D eigenvalue weighted by atomic mass is 16.4. The molecule has 1 aliphatic rings. The van der Waals surface area contributed by atoms with Gasteiger partial charge < -0.3 is 20.4 Å². The molecule has 2 atom stereocenters. The Balaban J connectivity index is 1.51. The van der Waals surface area contributed by atoms with Crippen LogP contribution in [0.3, 0.4) is 0 Å². The Morgan fingerprint density at radius 2 is 1.94 bits per heavy atom. The number of aromatic nitrogens is 1. The summed E-state index contributed by atoms with van der Waals surface area (Å²) in [5.41, 5.74) is 6.58. The topological polar surface area (TPSA) is 85.7 Å². The number of anilines is 3. The van der Waals surface area contributed by atoms with Crippen molar-refractivity contribution in [2.75, 3.05) is 23.8 Å². The standard InChI is InChI=1S/C26H29N3O3/c1-17(30)18-6-8-21(9-7-18)29(2)22-10-11-23-19(14-22)4-3-5-20(23)15-28-25-16-27-13-12-24(25)26(31)32/h6-14,16-17,20,28,30H,3-5,15H2,1-2H3,(H,31,32)/t17-,20+/m1/s1. The molecular formula is C26H29N3O3. The molecule has 4 rings (SSSR count). The van der Waals surface area contributed by atoms with Gasteiger partial charge >= 0.3 is 5.97 Å². The van der Waals surface area contributed by atoms with Crippen LogP contribution in [-0.4, -0.2) is 34.8 Å². The van der Waals surface area contributed by atoms with Crippen LogP contribution in [0.1, 0.15) is 58.8 Å². The predicted molar refractivity (Wildman–Crippen MR) is 127 cm³/mol. The maximum absolute atomic E-state index is 11.5. The van der Waals surface area contributed by atoms with Gasteiger partial charge in [-0.15, -0.1) is 0 Å². The van der Waals surface area contributed by atoms with E-state index in [0.29, 0.717) is 18.2 Å². The normalized spacial score (nSPS) is 16.2. The molecule has 0 spiro atoms. The van der Waals surface area contributed by atoms with E-state index in [1.807, 2.05) is 24.3 Å². The second-order valence-electron chi connectivity index (χ2n) is 8.41. The van der Waals surface area contributed by atoms with Crippen LogP contribution in [0.25, 0.3) is 0 Å². The fraction of sp³-hybridized carbons (Fsp3) is 0.308. The first-order chi connectivity index (χ1) is 15.4. The van der Waals surface area contributed by atoms with Crippen molar-refractivity contribution in [3.8, 4) is 0 Å². The number of hydrogen-bond acceptors (Lipinski definition) is 5. The molecule has 1 aliphatic carbocycles. The summed E-state index contributed by atoms with van der Waals surface area (Å²) < 4.78 is 0. The molecular weight excluding hydrogens is 402 g/mol. The zero-order chi connectivity index (χ0) is 22.7. The largest absolute Gasteiger partial charge is 0.478 e. The lowest BCUT2D eigenvalue weighted by Gasteiger charge is -2.28. The number of nitrogens with zero attached hydrogens (tertiary/aromatic N) is 2. The third-order valence-corrected chi connectivity index (χ3v) is 6.31. The van der Waals surface area contributed by atoms with E-state index in [0.717, 1.165) is 36.2 Å².